The van der Waals surface area contributed by atoms with Gasteiger partial charge in [0.05, 0.1) is 11.0 Å². The minimum absolute atomic E-state index is 0.496. The second-order valence-electron chi connectivity index (χ2n) is 5.38. The van der Waals surface area contributed by atoms with E-state index in [1.54, 1.807) is 0 Å². The molecule has 2 aromatic rings. The topological polar surface area (TPSA) is 20.7 Å². The number of hydrogen-bond acceptors (Lipinski definition) is 1. The largest absolute Gasteiger partial charge is 0.331 e. The second kappa shape index (κ2) is 4.63. The summed E-state index contributed by atoms with van der Waals surface area (Å²) in [6.07, 6.45) is 5.33. The Morgan fingerprint density at radius 1 is 1.44 bits per heavy atom. The number of aromatic nitrogens is 2. The average molecular weight is 372 g/mol. The highest BCUT2D eigenvalue weighted by Gasteiger charge is 2.35. The molecule has 0 saturated heterocycles. The number of aromatic amines is 1. The SMILES string of the molecule is CCC1(Cn2c(=S)[nH]c3cc(I)ccc32)CCC1. The van der Waals surface area contributed by atoms with Gasteiger partial charge < -0.3 is 9.55 Å². The van der Waals surface area contributed by atoms with Gasteiger partial charge in [-0.1, -0.05) is 13.3 Å². The van der Waals surface area contributed by atoms with Crippen molar-refractivity contribution in [3.63, 3.8) is 0 Å². The standard InChI is InChI=1S/C14H17IN2S/c1-2-14(6-3-7-14)9-17-12-5-4-10(15)8-11(12)16-13(17)18/h4-5,8H,2-3,6-7,9H2,1H3,(H,16,18). The molecule has 1 aliphatic rings. The van der Waals surface area contributed by atoms with Crippen molar-refractivity contribution in [1.29, 1.82) is 0 Å². The number of nitrogens with zero attached hydrogens (tertiary/aromatic N) is 1. The van der Waals surface area contributed by atoms with Crippen LogP contribution in [-0.2, 0) is 6.54 Å². The average Bonchev–Trinajstić information content (AvgIpc) is 2.59. The maximum absolute atomic E-state index is 5.49. The first-order chi connectivity index (χ1) is 8.63. The molecule has 0 amide bonds. The Balaban J connectivity index is 2.06. The highest BCUT2D eigenvalue weighted by Crippen LogP contribution is 2.45. The molecule has 1 fully saturated rings. The summed E-state index contributed by atoms with van der Waals surface area (Å²) < 4.78 is 4.41. The van der Waals surface area contributed by atoms with Gasteiger partial charge in [0, 0.05) is 10.1 Å². The quantitative estimate of drug-likeness (QED) is 0.601. The van der Waals surface area contributed by atoms with Crippen LogP contribution in [0.15, 0.2) is 18.2 Å². The van der Waals surface area contributed by atoms with Crippen molar-refractivity contribution in [1.82, 2.24) is 9.55 Å². The van der Waals surface area contributed by atoms with Crippen molar-refractivity contribution in [3.8, 4) is 0 Å². The molecule has 0 radical (unpaired) electrons. The zero-order valence-electron chi connectivity index (χ0n) is 10.5. The summed E-state index contributed by atoms with van der Waals surface area (Å²) in [6, 6.07) is 6.51. The zero-order valence-corrected chi connectivity index (χ0v) is 13.5. The highest BCUT2D eigenvalue weighted by atomic mass is 127. The van der Waals surface area contributed by atoms with Gasteiger partial charge in [-0.15, -0.1) is 0 Å². The zero-order chi connectivity index (χ0) is 12.8. The maximum atomic E-state index is 5.49. The van der Waals surface area contributed by atoms with E-state index < -0.39 is 0 Å². The monoisotopic (exact) mass is 372 g/mol. The fraction of sp³-hybridized carbons (Fsp3) is 0.500. The third kappa shape index (κ3) is 2.03. The fourth-order valence-corrected chi connectivity index (χ4v) is 3.69. The van der Waals surface area contributed by atoms with E-state index in [2.05, 4.69) is 57.3 Å². The van der Waals surface area contributed by atoms with E-state index in [0.29, 0.717) is 5.41 Å². The Morgan fingerprint density at radius 3 is 2.83 bits per heavy atom. The summed E-state index contributed by atoms with van der Waals surface area (Å²) in [4.78, 5) is 3.34. The number of benzene rings is 1. The molecule has 1 N–H and O–H groups in total. The van der Waals surface area contributed by atoms with E-state index >= 15 is 0 Å². The van der Waals surface area contributed by atoms with E-state index in [9.17, 15) is 0 Å². The summed E-state index contributed by atoms with van der Waals surface area (Å²) >= 11 is 7.83. The molecular formula is C14H17IN2S. The Hall–Kier alpha value is -0.360. The number of H-pyrrole nitrogens is 1. The molecule has 1 aromatic carbocycles. The number of imidazole rings is 1. The van der Waals surface area contributed by atoms with Gasteiger partial charge in [-0.2, -0.15) is 0 Å². The maximum Gasteiger partial charge on any atom is 0.178 e. The Bertz CT molecular complexity index is 631. The van der Waals surface area contributed by atoms with Crippen molar-refractivity contribution >= 4 is 45.8 Å². The van der Waals surface area contributed by atoms with Crippen LogP contribution in [0.5, 0.6) is 0 Å². The van der Waals surface area contributed by atoms with Crippen LogP contribution >= 0.6 is 34.8 Å². The lowest BCUT2D eigenvalue weighted by Gasteiger charge is -2.41. The molecule has 0 aliphatic heterocycles. The van der Waals surface area contributed by atoms with Crippen molar-refractivity contribution in [2.45, 2.75) is 39.2 Å². The predicted molar refractivity (Wildman–Crippen MR) is 86.4 cm³/mol. The molecule has 0 bridgehead atoms. The Morgan fingerprint density at radius 2 is 2.22 bits per heavy atom. The minimum Gasteiger partial charge on any atom is -0.331 e. The first-order valence-electron chi connectivity index (χ1n) is 6.52. The van der Waals surface area contributed by atoms with Crippen LogP contribution in [0.3, 0.4) is 0 Å². The van der Waals surface area contributed by atoms with E-state index in [-0.39, 0.29) is 0 Å². The number of halogens is 1. The lowest BCUT2D eigenvalue weighted by Crippen LogP contribution is -2.33. The molecule has 96 valence electrons. The van der Waals surface area contributed by atoms with Crippen molar-refractivity contribution in [2.24, 2.45) is 5.41 Å². The molecule has 1 aromatic heterocycles. The van der Waals surface area contributed by atoms with Crippen LogP contribution in [0.4, 0.5) is 0 Å². The summed E-state index contributed by atoms with van der Waals surface area (Å²) in [6.45, 7) is 3.38. The fourth-order valence-electron chi connectivity index (χ4n) is 2.93. The highest BCUT2D eigenvalue weighted by molar-refractivity contribution is 14.1. The smallest absolute Gasteiger partial charge is 0.178 e. The summed E-state index contributed by atoms with van der Waals surface area (Å²) in [5.41, 5.74) is 2.91. The van der Waals surface area contributed by atoms with Crippen LogP contribution in [0.1, 0.15) is 32.6 Å². The van der Waals surface area contributed by atoms with E-state index in [0.717, 1.165) is 16.8 Å². The van der Waals surface area contributed by atoms with E-state index in [1.165, 1.54) is 34.8 Å². The predicted octanol–water partition coefficient (Wildman–Crippen LogP) is 4.88. The first-order valence-corrected chi connectivity index (χ1v) is 8.00. The van der Waals surface area contributed by atoms with Crippen molar-refractivity contribution in [3.05, 3.63) is 26.5 Å². The molecule has 4 heteroatoms. The minimum atomic E-state index is 0.496. The van der Waals surface area contributed by atoms with Gasteiger partial charge in [0.15, 0.2) is 4.77 Å². The molecule has 18 heavy (non-hydrogen) atoms. The van der Waals surface area contributed by atoms with E-state index in [4.69, 9.17) is 12.2 Å². The van der Waals surface area contributed by atoms with Gasteiger partial charge >= 0.3 is 0 Å². The third-order valence-corrected chi connectivity index (χ3v) is 5.39. The van der Waals surface area contributed by atoms with Crippen LogP contribution in [0.2, 0.25) is 0 Å². The molecule has 0 atom stereocenters. The molecule has 0 unspecified atom stereocenters. The van der Waals surface area contributed by atoms with Gasteiger partial charge in [-0.05, 0) is 77.7 Å². The second-order valence-corrected chi connectivity index (χ2v) is 7.02. The van der Waals surface area contributed by atoms with Crippen LogP contribution < -0.4 is 0 Å². The lowest BCUT2D eigenvalue weighted by atomic mass is 9.67. The summed E-state index contributed by atoms with van der Waals surface area (Å²) in [7, 11) is 0. The van der Waals surface area contributed by atoms with Gasteiger partial charge in [-0.3, -0.25) is 0 Å². The van der Waals surface area contributed by atoms with Crippen LogP contribution in [-0.4, -0.2) is 9.55 Å². The van der Waals surface area contributed by atoms with Crippen LogP contribution in [0, 0.1) is 13.8 Å². The third-order valence-electron chi connectivity index (χ3n) is 4.39. The number of hydrogen-bond donors (Lipinski definition) is 1. The van der Waals surface area contributed by atoms with Gasteiger partial charge in [0.25, 0.3) is 0 Å². The number of fused-ring (bicyclic) bond motifs is 1. The van der Waals surface area contributed by atoms with E-state index in [1.807, 2.05) is 0 Å². The van der Waals surface area contributed by atoms with Crippen molar-refractivity contribution in [2.75, 3.05) is 0 Å². The number of nitrogens with one attached hydrogen (secondary N) is 1. The first kappa shape index (κ1) is 12.7. The molecule has 3 rings (SSSR count). The normalized spacial score (nSPS) is 17.9. The molecule has 1 saturated carbocycles. The van der Waals surface area contributed by atoms with Crippen molar-refractivity contribution < 1.29 is 0 Å². The Labute approximate surface area is 126 Å². The molecule has 0 spiro atoms. The van der Waals surface area contributed by atoms with Gasteiger partial charge in [0.1, 0.15) is 0 Å². The Kier molecular flexibility index (Phi) is 3.26. The molecular weight excluding hydrogens is 355 g/mol. The van der Waals surface area contributed by atoms with Gasteiger partial charge in [-0.25, -0.2) is 0 Å². The number of rotatable bonds is 3. The lowest BCUT2D eigenvalue weighted by molar-refractivity contribution is 0.101. The summed E-state index contributed by atoms with van der Waals surface area (Å²) in [5.74, 6) is 0. The summed E-state index contributed by atoms with van der Waals surface area (Å²) in [5, 5.41) is 0. The molecule has 2 nitrogen and oxygen atoms in total. The van der Waals surface area contributed by atoms with Gasteiger partial charge in [0.2, 0.25) is 0 Å². The molecule has 1 aliphatic carbocycles. The molecule has 1 heterocycles. The van der Waals surface area contributed by atoms with Crippen LogP contribution in [0.25, 0.3) is 11.0 Å².